The lowest BCUT2D eigenvalue weighted by molar-refractivity contribution is -0.139. The van der Waals surface area contributed by atoms with Crippen molar-refractivity contribution < 1.29 is 19.5 Å². The van der Waals surface area contributed by atoms with Crippen LogP contribution in [0.5, 0.6) is 0 Å². The highest BCUT2D eigenvalue weighted by atomic mass is 35.5. The van der Waals surface area contributed by atoms with Crippen molar-refractivity contribution in [2.45, 2.75) is 42.7 Å². The molecular formula is C22H28ClN3O4S. The number of thioether (sulfide) groups is 1. The molecule has 1 spiro atoms. The Hall–Kier alpha value is -1.77. The molecule has 1 aromatic carbocycles. The summed E-state index contributed by atoms with van der Waals surface area (Å²) in [6.45, 7) is 4.41. The number of hydrogen-bond acceptors (Lipinski definition) is 5. The topological polar surface area (TPSA) is 98.7 Å². The van der Waals surface area contributed by atoms with Gasteiger partial charge in [0.05, 0.1) is 33.9 Å². The first-order valence-electron chi connectivity index (χ1n) is 10.8. The number of nitrogens with zero attached hydrogens (tertiary/aromatic N) is 1. The number of nitrogens with one attached hydrogen (secondary N) is 2. The van der Waals surface area contributed by atoms with Gasteiger partial charge < -0.3 is 20.6 Å². The van der Waals surface area contributed by atoms with E-state index >= 15 is 0 Å². The number of β-amino-alcohol motifs (C(OH)–C–C–N with tert-alkyl or cyclic N) is 1. The van der Waals surface area contributed by atoms with Crippen LogP contribution in [0.3, 0.4) is 0 Å². The molecule has 0 aliphatic carbocycles. The van der Waals surface area contributed by atoms with Gasteiger partial charge in [-0.1, -0.05) is 37.6 Å². The average Bonchev–Trinajstić information content (AvgIpc) is 3.32. The molecule has 2 bridgehead atoms. The third kappa shape index (κ3) is 3.43. The minimum atomic E-state index is -0.776. The predicted molar refractivity (Wildman–Crippen MR) is 121 cm³/mol. The van der Waals surface area contributed by atoms with Crippen molar-refractivity contribution in [3.63, 3.8) is 0 Å². The molecular weight excluding hydrogens is 438 g/mol. The molecule has 3 unspecified atom stereocenters. The Morgan fingerprint density at radius 2 is 2.06 bits per heavy atom. The Morgan fingerprint density at radius 1 is 1.32 bits per heavy atom. The molecule has 168 valence electrons. The SMILES string of the molecule is CCCNC(=O)[C@@H]1[C@@H]2CC(C)C3(S2)C(C(=O)Nc2ccccc2Cl)N(CCO)C(=O)[C@H]13. The van der Waals surface area contributed by atoms with Gasteiger partial charge in [-0.15, -0.1) is 11.8 Å². The zero-order valence-corrected chi connectivity index (χ0v) is 19.2. The van der Waals surface area contributed by atoms with Gasteiger partial charge >= 0.3 is 0 Å². The lowest BCUT2D eigenvalue weighted by atomic mass is 9.66. The van der Waals surface area contributed by atoms with Gasteiger partial charge in [-0.25, -0.2) is 0 Å². The van der Waals surface area contributed by atoms with E-state index < -0.39 is 22.6 Å². The van der Waals surface area contributed by atoms with Crippen LogP contribution < -0.4 is 10.6 Å². The number of amides is 3. The van der Waals surface area contributed by atoms with Crippen molar-refractivity contribution in [3.05, 3.63) is 29.3 Å². The second-order valence-electron chi connectivity index (χ2n) is 8.57. The summed E-state index contributed by atoms with van der Waals surface area (Å²) in [5.41, 5.74) is 0.479. The fourth-order valence-electron chi connectivity index (χ4n) is 5.60. The van der Waals surface area contributed by atoms with E-state index in [9.17, 15) is 19.5 Å². The maximum Gasteiger partial charge on any atom is 0.248 e. The molecule has 1 aromatic rings. The van der Waals surface area contributed by atoms with Crippen LogP contribution in [-0.2, 0) is 14.4 Å². The van der Waals surface area contributed by atoms with Crippen molar-refractivity contribution in [2.75, 3.05) is 25.0 Å². The third-order valence-corrected chi connectivity index (χ3v) is 9.22. The summed E-state index contributed by atoms with van der Waals surface area (Å²) in [7, 11) is 0. The summed E-state index contributed by atoms with van der Waals surface area (Å²) in [4.78, 5) is 41.6. The first-order chi connectivity index (χ1) is 14.9. The molecule has 3 aliphatic rings. The number of benzene rings is 1. The van der Waals surface area contributed by atoms with E-state index in [2.05, 4.69) is 17.6 Å². The standard InChI is InChI=1S/C22H28ClN3O4S/c1-3-8-24-19(28)16-15-11-12(2)22(31-15)17(16)21(30)26(9-10-27)18(22)20(29)25-14-7-5-4-6-13(14)23/h4-7,12,15-18,27H,3,8-11H2,1-2H3,(H,24,28)(H,25,29)/t12?,15-,16+,17-,18?,22?/m0/s1. The monoisotopic (exact) mass is 465 g/mol. The van der Waals surface area contributed by atoms with E-state index in [1.165, 1.54) is 4.90 Å². The second kappa shape index (κ2) is 8.64. The van der Waals surface area contributed by atoms with Crippen LogP contribution >= 0.6 is 23.4 Å². The van der Waals surface area contributed by atoms with Crippen LogP contribution in [0.2, 0.25) is 5.02 Å². The normalized spacial score (nSPS) is 33.5. The number of fused-ring (bicyclic) bond motifs is 1. The number of hydrogen-bond donors (Lipinski definition) is 3. The number of carbonyl (C=O) groups excluding carboxylic acids is 3. The molecule has 3 amide bonds. The van der Waals surface area contributed by atoms with Gasteiger partial charge in [0, 0.05) is 18.3 Å². The molecule has 3 aliphatic heterocycles. The van der Waals surface area contributed by atoms with E-state index in [-0.39, 0.29) is 42.0 Å². The van der Waals surface area contributed by atoms with Crippen LogP contribution in [0.4, 0.5) is 5.69 Å². The number of likely N-dealkylation sites (tertiary alicyclic amines) is 1. The first kappa shape index (κ1) is 22.4. The number of carbonyl (C=O) groups is 3. The second-order valence-corrected chi connectivity index (χ2v) is 10.5. The molecule has 3 fully saturated rings. The van der Waals surface area contributed by atoms with Gasteiger partial charge in [0.15, 0.2) is 0 Å². The minimum Gasteiger partial charge on any atom is -0.395 e. The molecule has 3 saturated heterocycles. The van der Waals surface area contributed by atoms with Gasteiger partial charge in [0.2, 0.25) is 17.7 Å². The lowest BCUT2D eigenvalue weighted by Crippen LogP contribution is -2.55. The fourth-order valence-corrected chi connectivity index (χ4v) is 8.20. The third-order valence-electron chi connectivity index (χ3n) is 6.82. The summed E-state index contributed by atoms with van der Waals surface area (Å²) in [5.74, 6) is -1.60. The number of halogens is 1. The number of anilines is 1. The molecule has 3 N–H and O–H groups in total. The molecule has 4 rings (SSSR count). The molecule has 31 heavy (non-hydrogen) atoms. The predicted octanol–water partition coefficient (Wildman–Crippen LogP) is 2.13. The van der Waals surface area contributed by atoms with E-state index in [1.54, 1.807) is 36.0 Å². The van der Waals surface area contributed by atoms with E-state index in [0.717, 1.165) is 12.8 Å². The van der Waals surface area contributed by atoms with Gasteiger partial charge in [-0.3, -0.25) is 14.4 Å². The minimum absolute atomic E-state index is 0.00713. The maximum atomic E-state index is 13.6. The van der Waals surface area contributed by atoms with Crippen molar-refractivity contribution in [2.24, 2.45) is 17.8 Å². The van der Waals surface area contributed by atoms with Gasteiger partial charge in [0.1, 0.15) is 6.04 Å². The molecule has 3 heterocycles. The molecule has 6 atom stereocenters. The molecule has 0 saturated carbocycles. The van der Waals surface area contributed by atoms with Crippen LogP contribution in [0.1, 0.15) is 26.7 Å². The Labute approximate surface area is 191 Å². The molecule has 0 radical (unpaired) electrons. The first-order valence-corrected chi connectivity index (χ1v) is 12.0. The summed E-state index contributed by atoms with van der Waals surface area (Å²) >= 11 is 7.85. The maximum absolute atomic E-state index is 13.6. The summed E-state index contributed by atoms with van der Waals surface area (Å²) in [6.07, 6.45) is 1.59. The Kier molecular flexibility index (Phi) is 6.25. The average molecular weight is 466 g/mol. The smallest absolute Gasteiger partial charge is 0.248 e. The van der Waals surface area contributed by atoms with Crippen molar-refractivity contribution in [1.82, 2.24) is 10.2 Å². The largest absolute Gasteiger partial charge is 0.395 e. The molecule has 9 heteroatoms. The van der Waals surface area contributed by atoms with Crippen molar-refractivity contribution in [3.8, 4) is 0 Å². The number of rotatable bonds is 7. The van der Waals surface area contributed by atoms with Gasteiger partial charge in [-0.2, -0.15) is 0 Å². The highest BCUT2D eigenvalue weighted by Crippen LogP contribution is 2.68. The molecule has 7 nitrogen and oxygen atoms in total. The highest BCUT2D eigenvalue weighted by Gasteiger charge is 2.75. The van der Waals surface area contributed by atoms with Crippen LogP contribution in [0.15, 0.2) is 24.3 Å². The fraction of sp³-hybridized carbons (Fsp3) is 0.591. The summed E-state index contributed by atoms with van der Waals surface area (Å²) < 4.78 is -0.698. The zero-order valence-electron chi connectivity index (χ0n) is 17.6. The molecule has 0 aromatic heterocycles. The van der Waals surface area contributed by atoms with E-state index in [4.69, 9.17) is 11.6 Å². The number of aliphatic hydroxyl groups excluding tert-OH is 1. The van der Waals surface area contributed by atoms with Crippen LogP contribution in [0, 0.1) is 17.8 Å². The highest BCUT2D eigenvalue weighted by molar-refractivity contribution is 8.02. The van der Waals surface area contributed by atoms with Crippen LogP contribution in [0.25, 0.3) is 0 Å². The van der Waals surface area contributed by atoms with Gasteiger partial charge in [-0.05, 0) is 30.9 Å². The summed E-state index contributed by atoms with van der Waals surface area (Å²) in [6, 6.07) is 6.19. The van der Waals surface area contributed by atoms with E-state index in [1.807, 2.05) is 6.92 Å². The quantitative estimate of drug-likeness (QED) is 0.573. The van der Waals surface area contributed by atoms with Gasteiger partial charge in [0.25, 0.3) is 0 Å². The van der Waals surface area contributed by atoms with E-state index in [0.29, 0.717) is 17.3 Å². The zero-order chi connectivity index (χ0) is 22.3. The number of para-hydroxylation sites is 1. The van der Waals surface area contributed by atoms with Crippen LogP contribution in [-0.4, -0.2) is 63.5 Å². The van der Waals surface area contributed by atoms with Crippen molar-refractivity contribution >= 4 is 46.8 Å². The Balaban J connectivity index is 1.71. The lowest BCUT2D eigenvalue weighted by Gasteiger charge is -2.38. The number of aliphatic hydroxyl groups is 1. The Morgan fingerprint density at radius 3 is 2.74 bits per heavy atom. The van der Waals surface area contributed by atoms with Crippen molar-refractivity contribution in [1.29, 1.82) is 0 Å². The summed E-state index contributed by atoms with van der Waals surface area (Å²) in [5, 5.41) is 15.9. The Bertz CT molecular complexity index is 899.